The van der Waals surface area contributed by atoms with Gasteiger partial charge in [0, 0.05) is 0 Å². The SMILES string of the molecule is CCOc1ccc(CCC(O)c2ccccc2)cc1OCC. The normalized spacial score (nSPS) is 12.0. The lowest BCUT2D eigenvalue weighted by atomic mass is 10.0. The molecule has 0 aliphatic carbocycles. The van der Waals surface area contributed by atoms with Crippen LogP contribution >= 0.6 is 0 Å². The Kier molecular flexibility index (Phi) is 6.28. The third-order valence-corrected chi connectivity index (χ3v) is 3.50. The minimum absolute atomic E-state index is 0.441. The highest BCUT2D eigenvalue weighted by Crippen LogP contribution is 2.29. The van der Waals surface area contributed by atoms with Crippen molar-refractivity contribution in [1.29, 1.82) is 0 Å². The quantitative estimate of drug-likeness (QED) is 0.796. The lowest BCUT2D eigenvalue weighted by Gasteiger charge is -2.14. The summed E-state index contributed by atoms with van der Waals surface area (Å²) in [5.74, 6) is 1.55. The van der Waals surface area contributed by atoms with Crippen LogP contribution in [0.5, 0.6) is 11.5 Å². The fraction of sp³-hybridized carbons (Fsp3) is 0.368. The van der Waals surface area contributed by atoms with Crippen molar-refractivity contribution in [2.75, 3.05) is 13.2 Å². The highest BCUT2D eigenvalue weighted by atomic mass is 16.5. The molecular weight excluding hydrogens is 276 g/mol. The summed E-state index contributed by atoms with van der Waals surface area (Å²) in [4.78, 5) is 0. The molecule has 0 aliphatic heterocycles. The van der Waals surface area contributed by atoms with Gasteiger partial charge in [0.25, 0.3) is 0 Å². The van der Waals surface area contributed by atoms with Crippen LogP contribution in [0.4, 0.5) is 0 Å². The summed E-state index contributed by atoms with van der Waals surface area (Å²) in [5.41, 5.74) is 2.10. The summed E-state index contributed by atoms with van der Waals surface area (Å²) in [6.07, 6.45) is 1.04. The van der Waals surface area contributed by atoms with E-state index < -0.39 is 6.10 Å². The second-order valence-electron chi connectivity index (χ2n) is 5.11. The van der Waals surface area contributed by atoms with Gasteiger partial charge >= 0.3 is 0 Å². The van der Waals surface area contributed by atoms with E-state index in [1.807, 2.05) is 62.4 Å². The number of hydrogen-bond acceptors (Lipinski definition) is 3. The van der Waals surface area contributed by atoms with Crippen LogP contribution in [0, 0.1) is 0 Å². The summed E-state index contributed by atoms with van der Waals surface area (Å²) in [6.45, 7) is 5.14. The largest absolute Gasteiger partial charge is 0.490 e. The van der Waals surface area contributed by atoms with Crippen LogP contribution in [0.2, 0.25) is 0 Å². The Morgan fingerprint density at radius 2 is 1.59 bits per heavy atom. The van der Waals surface area contributed by atoms with Crippen molar-refractivity contribution >= 4 is 0 Å². The van der Waals surface area contributed by atoms with Crippen molar-refractivity contribution in [2.45, 2.75) is 32.8 Å². The molecule has 1 atom stereocenters. The van der Waals surface area contributed by atoms with E-state index >= 15 is 0 Å². The van der Waals surface area contributed by atoms with E-state index in [1.165, 1.54) is 0 Å². The van der Waals surface area contributed by atoms with Gasteiger partial charge < -0.3 is 14.6 Å². The molecule has 0 fully saturated rings. The summed E-state index contributed by atoms with van der Waals surface area (Å²) < 4.78 is 11.2. The molecule has 3 nitrogen and oxygen atoms in total. The molecule has 0 radical (unpaired) electrons. The zero-order valence-corrected chi connectivity index (χ0v) is 13.3. The van der Waals surface area contributed by atoms with Crippen LogP contribution in [0.25, 0.3) is 0 Å². The number of aryl methyl sites for hydroxylation is 1. The molecule has 1 unspecified atom stereocenters. The molecule has 3 heteroatoms. The van der Waals surface area contributed by atoms with Gasteiger partial charge in [-0.25, -0.2) is 0 Å². The van der Waals surface area contributed by atoms with Gasteiger partial charge in [-0.05, 0) is 49.9 Å². The van der Waals surface area contributed by atoms with Crippen LogP contribution in [0.3, 0.4) is 0 Å². The zero-order chi connectivity index (χ0) is 15.8. The van der Waals surface area contributed by atoms with E-state index in [9.17, 15) is 5.11 Å². The molecule has 2 rings (SSSR count). The molecule has 0 spiro atoms. The summed E-state index contributed by atoms with van der Waals surface area (Å²) in [7, 11) is 0. The van der Waals surface area contributed by atoms with E-state index in [1.54, 1.807) is 0 Å². The third kappa shape index (κ3) is 4.50. The molecule has 0 bridgehead atoms. The molecule has 0 amide bonds. The van der Waals surface area contributed by atoms with Crippen LogP contribution < -0.4 is 9.47 Å². The number of hydrogen-bond donors (Lipinski definition) is 1. The molecule has 1 N–H and O–H groups in total. The minimum Gasteiger partial charge on any atom is -0.490 e. The predicted molar refractivity (Wildman–Crippen MR) is 88.5 cm³/mol. The Bertz CT molecular complexity index is 566. The Hall–Kier alpha value is -2.00. The first kappa shape index (κ1) is 16.4. The maximum absolute atomic E-state index is 10.2. The van der Waals surface area contributed by atoms with Gasteiger partial charge in [0.05, 0.1) is 19.3 Å². The van der Waals surface area contributed by atoms with Gasteiger partial charge in [0.15, 0.2) is 11.5 Å². The van der Waals surface area contributed by atoms with Crippen LogP contribution in [0.15, 0.2) is 48.5 Å². The van der Waals surface area contributed by atoms with E-state index in [-0.39, 0.29) is 0 Å². The van der Waals surface area contributed by atoms with Gasteiger partial charge in [0.1, 0.15) is 0 Å². The van der Waals surface area contributed by atoms with Crippen molar-refractivity contribution in [3.05, 3.63) is 59.7 Å². The third-order valence-electron chi connectivity index (χ3n) is 3.50. The fourth-order valence-electron chi connectivity index (χ4n) is 2.40. The summed E-state index contributed by atoms with van der Waals surface area (Å²) in [5, 5.41) is 10.2. The topological polar surface area (TPSA) is 38.7 Å². The molecular formula is C19H24O3. The van der Waals surface area contributed by atoms with E-state index in [2.05, 4.69) is 0 Å². The van der Waals surface area contributed by atoms with E-state index in [4.69, 9.17) is 9.47 Å². The summed E-state index contributed by atoms with van der Waals surface area (Å²) >= 11 is 0. The maximum Gasteiger partial charge on any atom is 0.161 e. The Morgan fingerprint density at radius 1 is 0.909 bits per heavy atom. The highest BCUT2D eigenvalue weighted by molar-refractivity contribution is 5.43. The van der Waals surface area contributed by atoms with Crippen LogP contribution in [-0.2, 0) is 6.42 Å². The van der Waals surface area contributed by atoms with E-state index in [0.29, 0.717) is 19.6 Å². The first-order valence-corrected chi connectivity index (χ1v) is 7.86. The van der Waals surface area contributed by atoms with Gasteiger partial charge in [-0.2, -0.15) is 0 Å². The Morgan fingerprint density at radius 3 is 2.27 bits per heavy atom. The fourth-order valence-corrected chi connectivity index (χ4v) is 2.40. The number of aliphatic hydroxyl groups excluding tert-OH is 1. The second-order valence-corrected chi connectivity index (χ2v) is 5.11. The lowest BCUT2D eigenvalue weighted by molar-refractivity contribution is 0.168. The van der Waals surface area contributed by atoms with Crippen molar-refractivity contribution in [2.24, 2.45) is 0 Å². The molecule has 22 heavy (non-hydrogen) atoms. The summed E-state index contributed by atoms with van der Waals surface area (Å²) in [6, 6.07) is 15.7. The lowest BCUT2D eigenvalue weighted by Crippen LogP contribution is -2.01. The number of rotatable bonds is 8. The molecule has 0 saturated heterocycles. The van der Waals surface area contributed by atoms with E-state index in [0.717, 1.165) is 29.0 Å². The number of benzene rings is 2. The second kappa shape index (κ2) is 8.44. The standard InChI is InChI=1S/C19H24O3/c1-3-21-18-13-11-15(14-19(18)22-4-2)10-12-17(20)16-8-6-5-7-9-16/h5-9,11,13-14,17,20H,3-4,10,12H2,1-2H3. The first-order valence-electron chi connectivity index (χ1n) is 7.86. The zero-order valence-electron chi connectivity index (χ0n) is 13.3. The van der Waals surface area contributed by atoms with Gasteiger partial charge in [-0.15, -0.1) is 0 Å². The van der Waals surface area contributed by atoms with Crippen molar-refractivity contribution in [1.82, 2.24) is 0 Å². The molecule has 0 aliphatic rings. The monoisotopic (exact) mass is 300 g/mol. The average molecular weight is 300 g/mol. The maximum atomic E-state index is 10.2. The molecule has 0 saturated carbocycles. The van der Waals surface area contributed by atoms with Gasteiger partial charge in [0.2, 0.25) is 0 Å². The molecule has 2 aromatic rings. The smallest absolute Gasteiger partial charge is 0.161 e. The Balaban J connectivity index is 2.02. The highest BCUT2D eigenvalue weighted by Gasteiger charge is 2.10. The Labute approximate surface area is 132 Å². The van der Waals surface area contributed by atoms with Crippen molar-refractivity contribution in [3.8, 4) is 11.5 Å². The predicted octanol–water partition coefficient (Wildman–Crippen LogP) is 4.15. The van der Waals surface area contributed by atoms with Gasteiger partial charge in [-0.1, -0.05) is 36.4 Å². The molecule has 2 aromatic carbocycles. The van der Waals surface area contributed by atoms with Gasteiger partial charge in [-0.3, -0.25) is 0 Å². The van der Waals surface area contributed by atoms with Crippen LogP contribution in [-0.4, -0.2) is 18.3 Å². The first-order chi connectivity index (χ1) is 10.7. The van der Waals surface area contributed by atoms with Crippen molar-refractivity contribution < 1.29 is 14.6 Å². The minimum atomic E-state index is -0.441. The van der Waals surface area contributed by atoms with Crippen LogP contribution in [0.1, 0.15) is 37.5 Å². The number of aliphatic hydroxyl groups is 1. The average Bonchev–Trinajstić information content (AvgIpc) is 2.56. The van der Waals surface area contributed by atoms with Crippen molar-refractivity contribution in [3.63, 3.8) is 0 Å². The molecule has 0 heterocycles. The number of ether oxygens (including phenoxy) is 2. The molecule has 0 aromatic heterocycles. The molecule has 118 valence electrons.